The van der Waals surface area contributed by atoms with E-state index in [-0.39, 0.29) is 0 Å². The highest BCUT2D eigenvalue weighted by atomic mass is 32.2. The molecule has 0 spiro atoms. The number of thioether (sulfide) groups is 1. The normalized spacial score (nSPS) is 10.6. The first-order valence-electron chi connectivity index (χ1n) is 5.73. The molecular weight excluding hydrogens is 244 g/mol. The van der Waals surface area contributed by atoms with Crippen LogP contribution in [-0.2, 0) is 5.75 Å². The van der Waals surface area contributed by atoms with Crippen LogP contribution in [0, 0.1) is 11.3 Å². The van der Waals surface area contributed by atoms with E-state index in [2.05, 4.69) is 35.1 Å². The van der Waals surface area contributed by atoms with E-state index in [0.29, 0.717) is 11.5 Å². The van der Waals surface area contributed by atoms with E-state index in [9.17, 15) is 0 Å². The van der Waals surface area contributed by atoms with Gasteiger partial charge in [-0.1, -0.05) is 37.7 Å². The minimum atomic E-state index is 0.363. The first kappa shape index (κ1) is 12.7. The topological polar surface area (TPSA) is 65.4 Å². The fraction of sp³-hybridized carbons (Fsp3) is 0.308. The Morgan fingerprint density at radius 2 is 2.06 bits per heavy atom. The molecule has 0 amide bonds. The Kier molecular flexibility index (Phi) is 4.00. The number of H-pyrrole nitrogens is 1. The molecule has 0 radical (unpaired) electrons. The van der Waals surface area contributed by atoms with Gasteiger partial charge in [0.15, 0.2) is 0 Å². The molecule has 0 unspecified atom stereocenters. The van der Waals surface area contributed by atoms with Crippen molar-refractivity contribution in [2.24, 2.45) is 0 Å². The molecule has 0 atom stereocenters. The van der Waals surface area contributed by atoms with E-state index in [0.717, 1.165) is 22.3 Å². The van der Waals surface area contributed by atoms with Gasteiger partial charge in [0.1, 0.15) is 5.82 Å². The molecule has 1 aromatic heterocycles. The summed E-state index contributed by atoms with van der Waals surface area (Å²) in [6.45, 7) is 4.16. The van der Waals surface area contributed by atoms with Gasteiger partial charge in [-0.2, -0.15) is 5.26 Å². The fourth-order valence-corrected chi connectivity index (χ4v) is 2.17. The average Bonchev–Trinajstić information content (AvgIpc) is 2.86. The molecular formula is C13H14N4S. The van der Waals surface area contributed by atoms with Gasteiger partial charge >= 0.3 is 0 Å². The molecule has 0 aliphatic carbocycles. The summed E-state index contributed by atoms with van der Waals surface area (Å²) in [6.07, 6.45) is 0. The van der Waals surface area contributed by atoms with E-state index in [1.807, 2.05) is 24.3 Å². The Morgan fingerprint density at radius 3 is 2.61 bits per heavy atom. The lowest BCUT2D eigenvalue weighted by Crippen LogP contribution is -1.89. The number of nitriles is 1. The number of aromatic nitrogens is 3. The molecule has 2 aromatic rings. The van der Waals surface area contributed by atoms with Crippen molar-refractivity contribution >= 4 is 11.8 Å². The summed E-state index contributed by atoms with van der Waals surface area (Å²) in [5, 5.41) is 16.6. The maximum atomic E-state index is 8.71. The third-order valence-electron chi connectivity index (χ3n) is 2.48. The summed E-state index contributed by atoms with van der Waals surface area (Å²) < 4.78 is 0. The minimum Gasteiger partial charge on any atom is -0.262 e. The molecule has 1 aromatic carbocycles. The molecule has 0 bridgehead atoms. The second-order valence-electron chi connectivity index (χ2n) is 4.26. The third kappa shape index (κ3) is 3.11. The lowest BCUT2D eigenvalue weighted by molar-refractivity contribution is 0.780. The number of nitrogens with one attached hydrogen (secondary N) is 1. The van der Waals surface area contributed by atoms with Crippen LogP contribution in [-0.4, -0.2) is 15.2 Å². The van der Waals surface area contributed by atoms with Crippen molar-refractivity contribution in [1.29, 1.82) is 5.26 Å². The molecule has 2 rings (SSSR count). The van der Waals surface area contributed by atoms with Gasteiger partial charge in [-0.3, -0.25) is 5.10 Å². The van der Waals surface area contributed by atoms with Gasteiger partial charge in [-0.25, -0.2) is 4.98 Å². The van der Waals surface area contributed by atoms with Crippen molar-refractivity contribution in [2.45, 2.75) is 30.7 Å². The first-order valence-corrected chi connectivity index (χ1v) is 6.71. The predicted molar refractivity (Wildman–Crippen MR) is 71.2 cm³/mol. The van der Waals surface area contributed by atoms with Gasteiger partial charge in [0.25, 0.3) is 0 Å². The highest BCUT2D eigenvalue weighted by molar-refractivity contribution is 7.98. The molecule has 18 heavy (non-hydrogen) atoms. The van der Waals surface area contributed by atoms with Crippen LogP contribution in [0.2, 0.25) is 0 Å². The summed E-state index contributed by atoms with van der Waals surface area (Å²) in [5.41, 5.74) is 1.85. The molecule has 92 valence electrons. The zero-order chi connectivity index (χ0) is 13.0. The van der Waals surface area contributed by atoms with Crippen LogP contribution in [0.3, 0.4) is 0 Å². The molecule has 1 heterocycles. The number of aromatic amines is 1. The summed E-state index contributed by atoms with van der Waals surface area (Å²) in [4.78, 5) is 4.40. The van der Waals surface area contributed by atoms with E-state index in [1.165, 1.54) is 0 Å². The lowest BCUT2D eigenvalue weighted by atomic mass is 10.2. The average molecular weight is 258 g/mol. The lowest BCUT2D eigenvalue weighted by Gasteiger charge is -1.98. The second-order valence-corrected chi connectivity index (χ2v) is 5.20. The summed E-state index contributed by atoms with van der Waals surface area (Å²) in [5.74, 6) is 2.08. The minimum absolute atomic E-state index is 0.363. The van der Waals surface area contributed by atoms with Crippen molar-refractivity contribution in [3.8, 4) is 6.07 Å². The smallest absolute Gasteiger partial charge is 0.208 e. The van der Waals surface area contributed by atoms with E-state index >= 15 is 0 Å². The van der Waals surface area contributed by atoms with E-state index in [1.54, 1.807) is 11.8 Å². The Bertz CT molecular complexity index is 551. The molecule has 0 saturated carbocycles. The summed E-state index contributed by atoms with van der Waals surface area (Å²) in [6, 6.07) is 9.68. The van der Waals surface area contributed by atoms with Crippen LogP contribution >= 0.6 is 11.8 Å². The highest BCUT2D eigenvalue weighted by Gasteiger charge is 2.07. The predicted octanol–water partition coefficient (Wildman–Crippen LogP) is 3.09. The third-order valence-corrected chi connectivity index (χ3v) is 3.40. The fourth-order valence-electron chi connectivity index (χ4n) is 1.40. The van der Waals surface area contributed by atoms with Crippen LogP contribution in [0.1, 0.15) is 36.7 Å². The van der Waals surface area contributed by atoms with E-state index in [4.69, 9.17) is 5.26 Å². The van der Waals surface area contributed by atoms with Gasteiger partial charge in [0.05, 0.1) is 11.6 Å². The number of rotatable bonds is 4. The monoisotopic (exact) mass is 258 g/mol. The number of benzene rings is 1. The maximum Gasteiger partial charge on any atom is 0.208 e. The molecule has 0 saturated heterocycles. The zero-order valence-electron chi connectivity index (χ0n) is 10.3. The van der Waals surface area contributed by atoms with Crippen molar-refractivity contribution in [2.75, 3.05) is 0 Å². The van der Waals surface area contributed by atoms with Gasteiger partial charge in [-0.15, -0.1) is 5.10 Å². The highest BCUT2D eigenvalue weighted by Crippen LogP contribution is 2.20. The summed E-state index contributed by atoms with van der Waals surface area (Å²) in [7, 11) is 0. The van der Waals surface area contributed by atoms with Crippen molar-refractivity contribution < 1.29 is 0 Å². The quantitative estimate of drug-likeness (QED) is 0.856. The summed E-state index contributed by atoms with van der Waals surface area (Å²) >= 11 is 1.59. The van der Waals surface area contributed by atoms with Crippen LogP contribution in [0.25, 0.3) is 0 Å². The molecule has 0 aliphatic rings. The molecule has 4 nitrogen and oxygen atoms in total. The molecule has 0 fully saturated rings. The van der Waals surface area contributed by atoms with Gasteiger partial charge in [0.2, 0.25) is 5.16 Å². The van der Waals surface area contributed by atoms with Crippen LogP contribution in [0.15, 0.2) is 29.4 Å². The van der Waals surface area contributed by atoms with Crippen LogP contribution in [0.4, 0.5) is 0 Å². The second kappa shape index (κ2) is 5.69. The van der Waals surface area contributed by atoms with Crippen molar-refractivity contribution in [1.82, 2.24) is 15.2 Å². The number of hydrogen-bond donors (Lipinski definition) is 1. The molecule has 1 N–H and O–H groups in total. The molecule has 0 aliphatic heterocycles. The Hall–Kier alpha value is -1.80. The number of hydrogen-bond acceptors (Lipinski definition) is 4. The largest absolute Gasteiger partial charge is 0.262 e. The maximum absolute atomic E-state index is 8.71. The Balaban J connectivity index is 1.96. The molecule has 5 heteroatoms. The number of nitrogens with zero attached hydrogens (tertiary/aromatic N) is 3. The van der Waals surface area contributed by atoms with Gasteiger partial charge < -0.3 is 0 Å². The van der Waals surface area contributed by atoms with Gasteiger partial charge in [-0.05, 0) is 17.7 Å². The Morgan fingerprint density at radius 1 is 1.33 bits per heavy atom. The van der Waals surface area contributed by atoms with E-state index < -0.39 is 0 Å². The standard InChI is InChI=1S/C13H14N4S/c1-9(2)12-15-13(17-16-12)18-8-11-5-3-10(7-14)4-6-11/h3-6,9H,8H2,1-2H3,(H,15,16,17). The van der Waals surface area contributed by atoms with Crippen LogP contribution in [0.5, 0.6) is 0 Å². The SMILES string of the molecule is CC(C)c1nc(SCc2ccc(C#N)cc2)n[nH]1. The zero-order valence-corrected chi connectivity index (χ0v) is 11.2. The van der Waals surface area contributed by atoms with Crippen molar-refractivity contribution in [3.63, 3.8) is 0 Å². The first-order chi connectivity index (χ1) is 8.69. The Labute approximate surface area is 110 Å². The van der Waals surface area contributed by atoms with Gasteiger partial charge in [0, 0.05) is 11.7 Å². The van der Waals surface area contributed by atoms with Crippen LogP contribution < -0.4 is 0 Å². The van der Waals surface area contributed by atoms with Crippen molar-refractivity contribution in [3.05, 3.63) is 41.2 Å².